The van der Waals surface area contributed by atoms with Crippen molar-refractivity contribution >= 4 is 11.3 Å². The van der Waals surface area contributed by atoms with E-state index in [1.807, 2.05) is 5.38 Å². The molecular formula is C12H18F2N2S. The summed E-state index contributed by atoms with van der Waals surface area (Å²) in [6, 6.07) is 0. The molecule has 0 amide bonds. The number of rotatable bonds is 2. The minimum absolute atomic E-state index is 0.127. The second-order valence-corrected chi connectivity index (χ2v) is 6.13. The smallest absolute Gasteiger partial charge is 0.248 e. The van der Waals surface area contributed by atoms with Gasteiger partial charge in [0.15, 0.2) is 0 Å². The predicted molar refractivity (Wildman–Crippen MR) is 65.5 cm³/mol. The Hall–Kier alpha value is -0.550. The van der Waals surface area contributed by atoms with E-state index in [0.717, 1.165) is 10.7 Å². The average molecular weight is 260 g/mol. The molecule has 17 heavy (non-hydrogen) atoms. The molecule has 1 aliphatic carbocycles. The standard InChI is InChI=1S/C12H18F2N2S/c1-8(2)10-16-9(7-17-10)11(15)3-5-12(13,14)6-4-11/h7-8H,3-6,15H2,1-2H3. The van der Waals surface area contributed by atoms with Gasteiger partial charge in [-0.15, -0.1) is 11.3 Å². The van der Waals surface area contributed by atoms with E-state index >= 15 is 0 Å². The Morgan fingerprint density at radius 2 is 1.88 bits per heavy atom. The van der Waals surface area contributed by atoms with E-state index in [1.165, 1.54) is 0 Å². The lowest BCUT2D eigenvalue weighted by Gasteiger charge is -2.35. The molecule has 0 unspecified atom stereocenters. The van der Waals surface area contributed by atoms with Gasteiger partial charge in [-0.05, 0) is 12.8 Å². The molecule has 0 bridgehead atoms. The van der Waals surface area contributed by atoms with Crippen LogP contribution in [0.4, 0.5) is 8.78 Å². The third-order valence-corrected chi connectivity index (χ3v) is 4.55. The second kappa shape index (κ2) is 4.28. The van der Waals surface area contributed by atoms with Crippen LogP contribution in [0, 0.1) is 0 Å². The van der Waals surface area contributed by atoms with Crippen LogP contribution in [0.3, 0.4) is 0 Å². The highest BCUT2D eigenvalue weighted by Crippen LogP contribution is 2.42. The average Bonchev–Trinajstić information content (AvgIpc) is 2.73. The fraction of sp³-hybridized carbons (Fsp3) is 0.750. The number of thiazole rings is 1. The number of alkyl halides is 2. The molecule has 0 radical (unpaired) electrons. The second-order valence-electron chi connectivity index (χ2n) is 5.24. The lowest BCUT2D eigenvalue weighted by molar-refractivity contribution is -0.0518. The molecule has 0 aliphatic heterocycles. The predicted octanol–water partition coefficient (Wildman–Crippen LogP) is 3.63. The van der Waals surface area contributed by atoms with Crippen LogP contribution in [0.2, 0.25) is 0 Å². The van der Waals surface area contributed by atoms with Crippen molar-refractivity contribution in [2.24, 2.45) is 5.73 Å². The van der Waals surface area contributed by atoms with Crippen LogP contribution >= 0.6 is 11.3 Å². The van der Waals surface area contributed by atoms with E-state index in [2.05, 4.69) is 18.8 Å². The van der Waals surface area contributed by atoms with Crippen molar-refractivity contribution in [2.75, 3.05) is 0 Å². The van der Waals surface area contributed by atoms with Crippen LogP contribution in [0.1, 0.15) is 56.2 Å². The Kier molecular flexibility index (Phi) is 3.25. The Bertz CT molecular complexity index is 391. The van der Waals surface area contributed by atoms with Crippen molar-refractivity contribution in [2.45, 2.75) is 56.9 Å². The molecular weight excluding hydrogens is 242 g/mol. The summed E-state index contributed by atoms with van der Waals surface area (Å²) in [6.45, 7) is 4.14. The van der Waals surface area contributed by atoms with Gasteiger partial charge in [-0.2, -0.15) is 0 Å². The fourth-order valence-corrected chi connectivity index (χ4v) is 3.04. The van der Waals surface area contributed by atoms with E-state index in [-0.39, 0.29) is 12.8 Å². The van der Waals surface area contributed by atoms with Gasteiger partial charge < -0.3 is 5.73 Å². The van der Waals surface area contributed by atoms with Crippen molar-refractivity contribution in [3.05, 3.63) is 16.1 Å². The molecule has 1 aliphatic rings. The molecule has 2 nitrogen and oxygen atoms in total. The third kappa shape index (κ3) is 2.65. The maximum Gasteiger partial charge on any atom is 0.248 e. The number of halogens is 2. The topological polar surface area (TPSA) is 38.9 Å². The lowest BCUT2D eigenvalue weighted by Crippen LogP contribution is -2.43. The Balaban J connectivity index is 2.16. The first kappa shape index (κ1) is 12.9. The van der Waals surface area contributed by atoms with Crippen LogP contribution in [0.15, 0.2) is 5.38 Å². The van der Waals surface area contributed by atoms with Gasteiger partial charge in [-0.1, -0.05) is 13.8 Å². The first-order chi connectivity index (χ1) is 7.82. The van der Waals surface area contributed by atoms with Gasteiger partial charge in [0, 0.05) is 24.1 Å². The molecule has 0 spiro atoms. The van der Waals surface area contributed by atoms with Crippen LogP contribution in [-0.2, 0) is 5.54 Å². The van der Waals surface area contributed by atoms with Gasteiger partial charge in [-0.3, -0.25) is 0 Å². The van der Waals surface area contributed by atoms with E-state index in [4.69, 9.17) is 5.73 Å². The van der Waals surface area contributed by atoms with Crippen LogP contribution in [0.25, 0.3) is 0 Å². The summed E-state index contributed by atoms with van der Waals surface area (Å²) < 4.78 is 26.2. The maximum atomic E-state index is 13.1. The number of aromatic nitrogens is 1. The largest absolute Gasteiger partial charge is 0.320 e. The molecule has 1 fully saturated rings. The van der Waals surface area contributed by atoms with E-state index in [1.54, 1.807) is 11.3 Å². The zero-order valence-electron chi connectivity index (χ0n) is 10.2. The van der Waals surface area contributed by atoms with E-state index in [0.29, 0.717) is 18.8 Å². The molecule has 1 aromatic heterocycles. The molecule has 1 heterocycles. The SMILES string of the molecule is CC(C)c1nc(C2(N)CCC(F)(F)CC2)cs1. The van der Waals surface area contributed by atoms with Gasteiger partial charge in [0.1, 0.15) is 0 Å². The highest BCUT2D eigenvalue weighted by molar-refractivity contribution is 7.09. The number of nitrogens with two attached hydrogens (primary N) is 1. The van der Waals surface area contributed by atoms with Gasteiger partial charge in [-0.25, -0.2) is 13.8 Å². The quantitative estimate of drug-likeness (QED) is 0.882. The normalized spacial score (nSPS) is 22.9. The molecule has 96 valence electrons. The van der Waals surface area contributed by atoms with E-state index in [9.17, 15) is 8.78 Å². The molecule has 2 rings (SSSR count). The monoisotopic (exact) mass is 260 g/mol. The van der Waals surface area contributed by atoms with Gasteiger partial charge >= 0.3 is 0 Å². The van der Waals surface area contributed by atoms with E-state index < -0.39 is 11.5 Å². The summed E-state index contributed by atoms with van der Waals surface area (Å²) >= 11 is 1.57. The summed E-state index contributed by atoms with van der Waals surface area (Å²) in [5.74, 6) is -2.18. The van der Waals surface area contributed by atoms with Crippen LogP contribution in [0.5, 0.6) is 0 Å². The Labute approximate surface area is 104 Å². The molecule has 0 atom stereocenters. The summed E-state index contributed by atoms with van der Waals surface area (Å²) in [5.41, 5.74) is 6.37. The Morgan fingerprint density at radius 3 is 2.35 bits per heavy atom. The number of nitrogens with zero attached hydrogens (tertiary/aromatic N) is 1. The van der Waals surface area contributed by atoms with Crippen LogP contribution in [-0.4, -0.2) is 10.9 Å². The zero-order chi connectivity index (χ0) is 12.7. The lowest BCUT2D eigenvalue weighted by atomic mass is 9.79. The first-order valence-electron chi connectivity index (χ1n) is 5.95. The van der Waals surface area contributed by atoms with Crippen molar-refractivity contribution in [3.63, 3.8) is 0 Å². The summed E-state index contributed by atoms with van der Waals surface area (Å²) in [6.07, 6.45) is 0.388. The summed E-state index contributed by atoms with van der Waals surface area (Å²) in [7, 11) is 0. The molecule has 5 heteroatoms. The molecule has 0 aromatic carbocycles. The van der Waals surface area contributed by atoms with Crippen molar-refractivity contribution < 1.29 is 8.78 Å². The van der Waals surface area contributed by atoms with Gasteiger partial charge in [0.25, 0.3) is 0 Å². The minimum atomic E-state index is -2.54. The molecule has 2 N–H and O–H groups in total. The third-order valence-electron chi connectivity index (χ3n) is 3.40. The molecule has 0 saturated heterocycles. The highest BCUT2D eigenvalue weighted by Gasteiger charge is 2.43. The Morgan fingerprint density at radius 1 is 1.29 bits per heavy atom. The highest BCUT2D eigenvalue weighted by atomic mass is 32.1. The van der Waals surface area contributed by atoms with Gasteiger partial charge in [0.05, 0.1) is 16.2 Å². The molecule has 1 aromatic rings. The summed E-state index contributed by atoms with van der Waals surface area (Å²) in [5, 5.41) is 2.96. The van der Waals surface area contributed by atoms with Crippen molar-refractivity contribution in [1.29, 1.82) is 0 Å². The number of hydrogen-bond donors (Lipinski definition) is 1. The minimum Gasteiger partial charge on any atom is -0.320 e. The van der Waals surface area contributed by atoms with Gasteiger partial charge in [0.2, 0.25) is 5.92 Å². The van der Waals surface area contributed by atoms with Crippen molar-refractivity contribution in [3.8, 4) is 0 Å². The fourth-order valence-electron chi connectivity index (χ4n) is 2.10. The van der Waals surface area contributed by atoms with Crippen molar-refractivity contribution in [1.82, 2.24) is 4.98 Å². The zero-order valence-corrected chi connectivity index (χ0v) is 11.0. The number of hydrogen-bond acceptors (Lipinski definition) is 3. The maximum absolute atomic E-state index is 13.1. The molecule has 1 saturated carbocycles. The van der Waals surface area contributed by atoms with Crippen LogP contribution < -0.4 is 5.73 Å². The summed E-state index contributed by atoms with van der Waals surface area (Å²) in [4.78, 5) is 4.50. The first-order valence-corrected chi connectivity index (χ1v) is 6.83.